The lowest BCUT2D eigenvalue weighted by atomic mass is 10.0. The molecule has 0 aliphatic heterocycles. The average Bonchev–Trinajstić information content (AvgIpc) is 2.17. The van der Waals surface area contributed by atoms with Gasteiger partial charge in [0.25, 0.3) is 0 Å². The Labute approximate surface area is 91.3 Å². The molecule has 0 aliphatic carbocycles. The fourth-order valence-electron chi connectivity index (χ4n) is 0.895. The van der Waals surface area contributed by atoms with Crippen LogP contribution in [0, 0.1) is 0 Å². The Balaban J connectivity index is 3.58. The lowest BCUT2D eigenvalue weighted by molar-refractivity contribution is -0.137. The van der Waals surface area contributed by atoms with E-state index < -0.39 is 5.60 Å². The van der Waals surface area contributed by atoms with Crippen LogP contribution in [0.2, 0.25) is 0 Å². The van der Waals surface area contributed by atoms with Gasteiger partial charge < -0.3 is 15.2 Å². The van der Waals surface area contributed by atoms with Gasteiger partial charge in [0.1, 0.15) is 0 Å². The van der Waals surface area contributed by atoms with Gasteiger partial charge in [-0.3, -0.25) is 0 Å². The minimum Gasteiger partial charge on any atom is -0.463 e. The van der Waals surface area contributed by atoms with E-state index in [0.29, 0.717) is 26.1 Å². The molecule has 0 saturated carbocycles. The summed E-state index contributed by atoms with van der Waals surface area (Å²) < 4.78 is 4.71. The molecule has 88 valence electrons. The highest BCUT2D eigenvalue weighted by molar-refractivity contribution is 5.81. The van der Waals surface area contributed by atoms with Gasteiger partial charge in [-0.1, -0.05) is 13.0 Å². The number of hydrogen-bond acceptors (Lipinski definition) is 4. The van der Waals surface area contributed by atoms with Crippen molar-refractivity contribution in [3.63, 3.8) is 0 Å². The molecule has 0 aromatic carbocycles. The number of carbonyl (C=O) groups is 1. The number of nitrogens with one attached hydrogen (secondary N) is 1. The molecule has 0 bridgehead atoms. The van der Waals surface area contributed by atoms with E-state index >= 15 is 0 Å². The summed E-state index contributed by atoms with van der Waals surface area (Å²) in [6.07, 6.45) is 3.77. The van der Waals surface area contributed by atoms with Gasteiger partial charge in [0.05, 0.1) is 12.2 Å². The van der Waals surface area contributed by atoms with E-state index in [1.54, 1.807) is 19.9 Å². The molecule has 0 saturated heterocycles. The molecule has 0 amide bonds. The van der Waals surface area contributed by atoms with Gasteiger partial charge in [-0.2, -0.15) is 0 Å². The molecular formula is C11H21NO3. The van der Waals surface area contributed by atoms with Crippen molar-refractivity contribution in [2.75, 3.05) is 19.7 Å². The summed E-state index contributed by atoms with van der Waals surface area (Å²) in [6.45, 7) is 6.92. The van der Waals surface area contributed by atoms with Crippen molar-refractivity contribution >= 4 is 5.97 Å². The number of hydrogen-bond donors (Lipinski definition) is 2. The quantitative estimate of drug-likeness (QED) is 0.375. The van der Waals surface area contributed by atoms with Gasteiger partial charge in [0.15, 0.2) is 0 Å². The maximum absolute atomic E-state index is 10.9. The standard InChI is InChI=1S/C11H21NO3/c1-4-11(3,14)9-12-8-6-7-10(13)15-5-2/h6-7,12,14H,4-5,8-9H2,1-3H3/b7-6+. The summed E-state index contributed by atoms with van der Waals surface area (Å²) in [5.41, 5.74) is -0.683. The molecule has 0 aromatic rings. The predicted molar refractivity (Wildman–Crippen MR) is 59.6 cm³/mol. The summed E-state index contributed by atoms with van der Waals surface area (Å²) in [7, 11) is 0. The van der Waals surface area contributed by atoms with E-state index in [9.17, 15) is 9.90 Å². The Morgan fingerprint density at radius 1 is 1.53 bits per heavy atom. The van der Waals surface area contributed by atoms with Crippen molar-refractivity contribution in [1.29, 1.82) is 0 Å². The van der Waals surface area contributed by atoms with E-state index in [1.807, 2.05) is 6.92 Å². The minimum absolute atomic E-state index is 0.332. The zero-order valence-corrected chi connectivity index (χ0v) is 9.75. The third kappa shape index (κ3) is 8.15. The second-order valence-corrected chi connectivity index (χ2v) is 3.64. The fourth-order valence-corrected chi connectivity index (χ4v) is 0.895. The Morgan fingerprint density at radius 2 is 2.20 bits per heavy atom. The molecule has 0 rings (SSSR count). The fraction of sp³-hybridized carbons (Fsp3) is 0.727. The first-order chi connectivity index (χ1) is 7.02. The molecule has 0 spiro atoms. The van der Waals surface area contributed by atoms with Gasteiger partial charge >= 0.3 is 5.97 Å². The number of ether oxygens (including phenoxy) is 1. The molecule has 1 unspecified atom stereocenters. The van der Waals surface area contributed by atoms with E-state index in [2.05, 4.69) is 5.32 Å². The molecule has 0 heterocycles. The lowest BCUT2D eigenvalue weighted by Crippen LogP contribution is -2.37. The Hall–Kier alpha value is -0.870. The second-order valence-electron chi connectivity index (χ2n) is 3.64. The minimum atomic E-state index is -0.683. The van der Waals surface area contributed by atoms with Crippen LogP contribution < -0.4 is 5.32 Å². The van der Waals surface area contributed by atoms with Gasteiger partial charge in [0, 0.05) is 19.2 Å². The highest BCUT2D eigenvalue weighted by atomic mass is 16.5. The van der Waals surface area contributed by atoms with Crippen LogP contribution in [-0.2, 0) is 9.53 Å². The molecular weight excluding hydrogens is 194 g/mol. The van der Waals surface area contributed by atoms with Crippen LogP contribution in [0.15, 0.2) is 12.2 Å². The molecule has 4 nitrogen and oxygen atoms in total. The topological polar surface area (TPSA) is 58.6 Å². The Bertz CT molecular complexity index is 212. The zero-order valence-electron chi connectivity index (χ0n) is 9.75. The van der Waals surface area contributed by atoms with Crippen molar-refractivity contribution in [1.82, 2.24) is 5.32 Å². The largest absolute Gasteiger partial charge is 0.463 e. The van der Waals surface area contributed by atoms with Gasteiger partial charge in [-0.25, -0.2) is 4.79 Å². The summed E-state index contributed by atoms with van der Waals surface area (Å²) >= 11 is 0. The zero-order chi connectivity index (χ0) is 11.7. The first-order valence-corrected chi connectivity index (χ1v) is 5.28. The Kier molecular flexibility index (Phi) is 6.99. The van der Waals surface area contributed by atoms with Crippen LogP contribution in [-0.4, -0.2) is 36.4 Å². The molecule has 0 fully saturated rings. The Morgan fingerprint density at radius 3 is 2.73 bits per heavy atom. The van der Waals surface area contributed by atoms with Crippen LogP contribution in [0.1, 0.15) is 27.2 Å². The monoisotopic (exact) mass is 215 g/mol. The summed E-state index contributed by atoms with van der Waals surface area (Å²) in [5.74, 6) is -0.332. The molecule has 1 atom stereocenters. The number of rotatable bonds is 7. The van der Waals surface area contributed by atoms with E-state index in [-0.39, 0.29) is 5.97 Å². The highest BCUT2D eigenvalue weighted by Gasteiger charge is 2.15. The van der Waals surface area contributed by atoms with Crippen molar-refractivity contribution in [2.24, 2.45) is 0 Å². The summed E-state index contributed by atoms with van der Waals surface area (Å²) in [6, 6.07) is 0. The molecule has 4 heteroatoms. The van der Waals surface area contributed by atoms with Crippen LogP contribution in [0.4, 0.5) is 0 Å². The third-order valence-corrected chi connectivity index (χ3v) is 2.07. The molecule has 0 aliphatic rings. The predicted octanol–water partition coefficient (Wildman–Crippen LogP) is 0.856. The van der Waals surface area contributed by atoms with Gasteiger partial charge in [-0.05, 0) is 20.3 Å². The summed E-state index contributed by atoms with van der Waals surface area (Å²) in [5, 5.41) is 12.7. The van der Waals surface area contributed by atoms with Crippen molar-refractivity contribution in [3.05, 3.63) is 12.2 Å². The van der Waals surface area contributed by atoms with Crippen LogP contribution >= 0.6 is 0 Å². The molecule has 0 radical (unpaired) electrons. The van der Waals surface area contributed by atoms with E-state index in [4.69, 9.17) is 4.74 Å². The first-order valence-electron chi connectivity index (χ1n) is 5.28. The van der Waals surface area contributed by atoms with Crippen molar-refractivity contribution < 1.29 is 14.6 Å². The summed E-state index contributed by atoms with van der Waals surface area (Å²) in [4.78, 5) is 10.9. The SMILES string of the molecule is CCOC(=O)/C=C/CNCC(C)(O)CC. The average molecular weight is 215 g/mol. The first kappa shape index (κ1) is 14.1. The number of esters is 1. The van der Waals surface area contributed by atoms with Gasteiger partial charge in [0.2, 0.25) is 0 Å². The van der Waals surface area contributed by atoms with Crippen molar-refractivity contribution in [2.45, 2.75) is 32.8 Å². The van der Waals surface area contributed by atoms with Gasteiger partial charge in [-0.15, -0.1) is 0 Å². The maximum Gasteiger partial charge on any atom is 0.330 e. The second kappa shape index (κ2) is 7.43. The molecule has 15 heavy (non-hydrogen) atoms. The van der Waals surface area contributed by atoms with Crippen LogP contribution in [0.5, 0.6) is 0 Å². The van der Waals surface area contributed by atoms with E-state index in [1.165, 1.54) is 6.08 Å². The smallest absolute Gasteiger partial charge is 0.330 e. The highest BCUT2D eigenvalue weighted by Crippen LogP contribution is 2.05. The van der Waals surface area contributed by atoms with E-state index in [0.717, 1.165) is 0 Å². The molecule has 2 N–H and O–H groups in total. The lowest BCUT2D eigenvalue weighted by Gasteiger charge is -2.20. The maximum atomic E-state index is 10.9. The van der Waals surface area contributed by atoms with Crippen LogP contribution in [0.3, 0.4) is 0 Å². The van der Waals surface area contributed by atoms with Crippen molar-refractivity contribution in [3.8, 4) is 0 Å². The molecule has 0 aromatic heterocycles. The third-order valence-electron chi connectivity index (χ3n) is 2.07. The van der Waals surface area contributed by atoms with Crippen LogP contribution in [0.25, 0.3) is 0 Å². The number of aliphatic hydroxyl groups is 1. The normalized spacial score (nSPS) is 15.2. The number of carbonyl (C=O) groups excluding carboxylic acids is 1.